The molecule has 3 aromatic rings. The summed E-state index contributed by atoms with van der Waals surface area (Å²) in [5, 5.41) is 13.2. The topological polar surface area (TPSA) is 101 Å². The van der Waals surface area contributed by atoms with Crippen molar-refractivity contribution in [1.82, 2.24) is 30.1 Å². The van der Waals surface area contributed by atoms with Crippen LogP contribution in [0, 0.1) is 5.95 Å². The number of nitrogens with zero attached hydrogens (tertiary/aromatic N) is 5. The lowest BCUT2D eigenvalue weighted by Crippen LogP contribution is -2.32. The van der Waals surface area contributed by atoms with Crippen LogP contribution >= 0.6 is 0 Å². The maximum Gasteiger partial charge on any atom is 0.320 e. The van der Waals surface area contributed by atoms with Gasteiger partial charge in [-0.1, -0.05) is 11.2 Å². The Balaban J connectivity index is 1.31. The Morgan fingerprint density at radius 1 is 1.33 bits per heavy atom. The van der Waals surface area contributed by atoms with Gasteiger partial charge in [-0.2, -0.15) is 14.5 Å². The number of carbonyl (C=O) groups is 1. The van der Waals surface area contributed by atoms with E-state index in [9.17, 15) is 9.18 Å². The summed E-state index contributed by atoms with van der Waals surface area (Å²) in [5.74, 6) is 1.23. The molecule has 1 aliphatic heterocycles. The van der Waals surface area contributed by atoms with Gasteiger partial charge in [-0.15, -0.1) is 0 Å². The molecule has 0 aromatic carbocycles. The molecular formula is C20H24FN7O2. The van der Waals surface area contributed by atoms with Gasteiger partial charge < -0.3 is 9.84 Å². The van der Waals surface area contributed by atoms with Crippen LogP contribution in [0.3, 0.4) is 0 Å². The van der Waals surface area contributed by atoms with Crippen LogP contribution in [0.1, 0.15) is 37.0 Å². The Kier molecular flexibility index (Phi) is 6.03. The first kappa shape index (κ1) is 20.0. The number of piperidine rings is 1. The van der Waals surface area contributed by atoms with Gasteiger partial charge in [-0.05, 0) is 50.9 Å². The summed E-state index contributed by atoms with van der Waals surface area (Å²) >= 11 is 0. The van der Waals surface area contributed by atoms with E-state index in [-0.39, 0.29) is 11.9 Å². The zero-order valence-corrected chi connectivity index (χ0v) is 16.7. The normalized spacial score (nSPS) is 15.3. The first-order valence-corrected chi connectivity index (χ1v) is 10.0. The Morgan fingerprint density at radius 3 is 2.87 bits per heavy atom. The van der Waals surface area contributed by atoms with E-state index in [1.54, 1.807) is 35.3 Å². The zero-order chi connectivity index (χ0) is 20.9. The van der Waals surface area contributed by atoms with Gasteiger partial charge in [-0.25, -0.2) is 9.48 Å². The number of aromatic nitrogens is 4. The fourth-order valence-corrected chi connectivity index (χ4v) is 3.66. The third-order valence-electron chi connectivity index (χ3n) is 5.15. The van der Waals surface area contributed by atoms with Crippen LogP contribution < -0.4 is 10.6 Å². The SMILES string of the molecule is CCNC(=O)Nc1cc(CN2CCC(c3ccc(-n4cccn4)nc3F)CC2)on1. The summed E-state index contributed by atoms with van der Waals surface area (Å²) in [6, 6.07) is 6.80. The number of nitrogens with one attached hydrogen (secondary N) is 2. The van der Waals surface area contributed by atoms with Crippen LogP contribution in [-0.2, 0) is 6.54 Å². The summed E-state index contributed by atoms with van der Waals surface area (Å²) in [6.45, 7) is 4.59. The van der Waals surface area contributed by atoms with E-state index in [0.717, 1.165) is 25.9 Å². The van der Waals surface area contributed by atoms with Crippen molar-refractivity contribution in [3.05, 3.63) is 53.9 Å². The maximum absolute atomic E-state index is 14.6. The summed E-state index contributed by atoms with van der Waals surface area (Å²) < 4.78 is 21.5. The van der Waals surface area contributed by atoms with Crippen LogP contribution in [-0.4, -0.2) is 50.5 Å². The zero-order valence-electron chi connectivity index (χ0n) is 16.7. The Labute approximate surface area is 173 Å². The van der Waals surface area contributed by atoms with Gasteiger partial charge in [0.2, 0.25) is 5.95 Å². The van der Waals surface area contributed by atoms with Gasteiger partial charge in [0.1, 0.15) is 0 Å². The van der Waals surface area contributed by atoms with Crippen LogP contribution in [0.15, 0.2) is 41.2 Å². The molecule has 4 rings (SSSR count). The lowest BCUT2D eigenvalue weighted by atomic mass is 9.90. The highest BCUT2D eigenvalue weighted by atomic mass is 19.1. The first-order chi connectivity index (χ1) is 14.6. The molecular weight excluding hydrogens is 389 g/mol. The summed E-state index contributed by atoms with van der Waals surface area (Å²) in [7, 11) is 0. The van der Waals surface area contributed by atoms with E-state index in [0.29, 0.717) is 36.0 Å². The molecule has 158 valence electrons. The number of halogens is 1. The quantitative estimate of drug-likeness (QED) is 0.603. The monoisotopic (exact) mass is 413 g/mol. The van der Waals surface area contributed by atoms with Crippen LogP contribution in [0.4, 0.5) is 15.0 Å². The van der Waals surface area contributed by atoms with Gasteiger partial charge >= 0.3 is 6.03 Å². The molecule has 0 bridgehead atoms. The predicted octanol–water partition coefficient (Wildman–Crippen LogP) is 2.92. The number of anilines is 1. The number of amides is 2. The van der Waals surface area contributed by atoms with E-state index in [4.69, 9.17) is 4.52 Å². The number of pyridine rings is 1. The minimum Gasteiger partial charge on any atom is -0.358 e. The van der Waals surface area contributed by atoms with Gasteiger partial charge in [0.05, 0.1) is 6.54 Å². The molecule has 4 heterocycles. The Bertz CT molecular complexity index is 981. The fourth-order valence-electron chi connectivity index (χ4n) is 3.66. The van der Waals surface area contributed by atoms with Gasteiger partial charge in [0.15, 0.2) is 17.4 Å². The van der Waals surface area contributed by atoms with E-state index in [1.807, 2.05) is 13.0 Å². The Morgan fingerprint density at radius 2 is 2.17 bits per heavy atom. The van der Waals surface area contributed by atoms with E-state index >= 15 is 0 Å². The fraction of sp³-hybridized carbons (Fsp3) is 0.400. The summed E-state index contributed by atoms with van der Waals surface area (Å²) in [6.07, 6.45) is 5.03. The summed E-state index contributed by atoms with van der Waals surface area (Å²) in [5.41, 5.74) is 0.652. The van der Waals surface area contributed by atoms with Crippen LogP contribution in [0.2, 0.25) is 0 Å². The molecule has 3 aromatic heterocycles. The highest BCUT2D eigenvalue weighted by Crippen LogP contribution is 2.30. The molecule has 0 radical (unpaired) electrons. The molecule has 0 saturated carbocycles. The third kappa shape index (κ3) is 4.65. The molecule has 30 heavy (non-hydrogen) atoms. The van der Waals surface area contributed by atoms with Crippen molar-refractivity contribution in [3.8, 4) is 5.82 Å². The minimum atomic E-state index is -0.433. The highest BCUT2D eigenvalue weighted by molar-refractivity contribution is 5.88. The van der Waals surface area contributed by atoms with Crippen molar-refractivity contribution >= 4 is 11.8 Å². The smallest absolute Gasteiger partial charge is 0.320 e. The standard InChI is InChI=1S/C20H24FN7O2/c1-2-22-20(29)24-17-12-15(30-26-17)13-27-10-6-14(7-11-27)16-4-5-18(25-19(16)21)28-9-3-8-23-28/h3-5,8-9,12,14H,2,6-7,10-11,13H2,1H3,(H2,22,24,26,29). The van der Waals surface area contributed by atoms with Crippen molar-refractivity contribution in [3.63, 3.8) is 0 Å². The average Bonchev–Trinajstić information content (AvgIpc) is 3.41. The number of likely N-dealkylation sites (tertiary alicyclic amines) is 1. The molecule has 1 saturated heterocycles. The molecule has 0 unspecified atom stereocenters. The van der Waals surface area contributed by atoms with Crippen molar-refractivity contribution in [2.75, 3.05) is 25.0 Å². The molecule has 10 heteroatoms. The number of urea groups is 1. The third-order valence-corrected chi connectivity index (χ3v) is 5.15. The van der Waals surface area contributed by atoms with Crippen LogP contribution in [0.5, 0.6) is 0 Å². The molecule has 1 fully saturated rings. The number of hydrogen-bond acceptors (Lipinski definition) is 6. The molecule has 9 nitrogen and oxygen atoms in total. The number of rotatable bonds is 6. The molecule has 0 aliphatic carbocycles. The van der Waals surface area contributed by atoms with E-state index in [2.05, 4.69) is 30.8 Å². The van der Waals surface area contributed by atoms with Gasteiger partial charge in [0, 0.05) is 30.6 Å². The number of hydrogen-bond donors (Lipinski definition) is 2. The molecule has 2 amide bonds. The second-order valence-corrected chi connectivity index (χ2v) is 7.21. The van der Waals surface area contributed by atoms with Crippen molar-refractivity contribution in [2.24, 2.45) is 0 Å². The molecule has 0 spiro atoms. The molecule has 1 aliphatic rings. The highest BCUT2D eigenvalue weighted by Gasteiger charge is 2.24. The number of carbonyl (C=O) groups excluding carboxylic acids is 1. The van der Waals surface area contributed by atoms with E-state index in [1.165, 1.54) is 0 Å². The van der Waals surface area contributed by atoms with Crippen molar-refractivity contribution in [1.29, 1.82) is 0 Å². The largest absolute Gasteiger partial charge is 0.358 e. The van der Waals surface area contributed by atoms with Gasteiger partial charge in [-0.3, -0.25) is 10.2 Å². The lowest BCUT2D eigenvalue weighted by Gasteiger charge is -2.31. The second kappa shape index (κ2) is 9.04. The van der Waals surface area contributed by atoms with Crippen LogP contribution in [0.25, 0.3) is 5.82 Å². The Hall–Kier alpha value is -3.27. The second-order valence-electron chi connectivity index (χ2n) is 7.21. The first-order valence-electron chi connectivity index (χ1n) is 10.0. The van der Waals surface area contributed by atoms with Crippen molar-refractivity contribution < 1.29 is 13.7 Å². The maximum atomic E-state index is 14.6. The average molecular weight is 413 g/mol. The lowest BCUT2D eigenvalue weighted by molar-refractivity contribution is 0.183. The summed E-state index contributed by atoms with van der Waals surface area (Å²) in [4.78, 5) is 17.8. The minimum absolute atomic E-state index is 0.130. The van der Waals surface area contributed by atoms with E-state index < -0.39 is 5.95 Å². The van der Waals surface area contributed by atoms with Gasteiger partial charge in [0.25, 0.3) is 0 Å². The predicted molar refractivity (Wildman–Crippen MR) is 108 cm³/mol. The molecule has 0 atom stereocenters. The van der Waals surface area contributed by atoms with Crippen molar-refractivity contribution in [2.45, 2.75) is 32.2 Å². The molecule has 2 N–H and O–H groups in total.